The summed E-state index contributed by atoms with van der Waals surface area (Å²) in [6, 6.07) is 25.6. The molecule has 0 heterocycles. The normalized spacial score (nSPS) is 11.2. The largest absolute Gasteiger partial charge is 0.490 e. The third-order valence-corrected chi connectivity index (χ3v) is 6.44. The maximum Gasteiger partial charge on any atom is 0.266 e. The van der Waals surface area contributed by atoms with Gasteiger partial charge >= 0.3 is 0 Å². The van der Waals surface area contributed by atoms with Crippen molar-refractivity contribution in [2.45, 2.75) is 34.3 Å². The number of hydrogen-bond donors (Lipinski definition) is 1. The molecule has 0 radical (unpaired) electrons. The number of rotatable bonds is 8. The number of nitriles is 1. The molecule has 0 unspecified atom stereocenters. The molecule has 1 amide bonds. The third kappa shape index (κ3) is 5.82. The highest BCUT2D eigenvalue weighted by molar-refractivity contribution is 6.10. The van der Waals surface area contributed by atoms with Gasteiger partial charge in [0, 0.05) is 11.3 Å². The lowest BCUT2D eigenvalue weighted by atomic mass is 10.0. The zero-order valence-electron chi connectivity index (χ0n) is 21.6. The average Bonchev–Trinajstić information content (AvgIpc) is 2.90. The first-order chi connectivity index (χ1) is 17.9. The van der Waals surface area contributed by atoms with Crippen molar-refractivity contribution in [3.8, 4) is 17.6 Å². The summed E-state index contributed by atoms with van der Waals surface area (Å²) in [4.78, 5) is 12.8. The molecule has 0 spiro atoms. The minimum Gasteiger partial charge on any atom is -0.490 e. The van der Waals surface area contributed by atoms with Crippen LogP contribution in [-0.2, 0) is 11.4 Å². The summed E-state index contributed by atoms with van der Waals surface area (Å²) in [6.45, 7) is 8.74. The summed E-state index contributed by atoms with van der Waals surface area (Å²) < 4.78 is 12.1. The summed E-state index contributed by atoms with van der Waals surface area (Å²) in [5, 5.41) is 14.8. The second kappa shape index (κ2) is 11.5. The maximum atomic E-state index is 12.8. The van der Waals surface area contributed by atoms with Gasteiger partial charge in [0.25, 0.3) is 5.91 Å². The van der Waals surface area contributed by atoms with Crippen molar-refractivity contribution in [2.24, 2.45) is 0 Å². The lowest BCUT2D eigenvalue weighted by molar-refractivity contribution is -0.112. The predicted molar refractivity (Wildman–Crippen MR) is 149 cm³/mol. The van der Waals surface area contributed by atoms with Crippen LogP contribution in [0.5, 0.6) is 11.5 Å². The van der Waals surface area contributed by atoms with Gasteiger partial charge in [-0.1, -0.05) is 54.6 Å². The molecule has 5 nitrogen and oxygen atoms in total. The van der Waals surface area contributed by atoms with Crippen molar-refractivity contribution in [3.63, 3.8) is 0 Å². The second-order valence-electron chi connectivity index (χ2n) is 8.88. The first kappa shape index (κ1) is 25.5. The Kier molecular flexibility index (Phi) is 7.90. The van der Waals surface area contributed by atoms with Crippen LogP contribution in [0.3, 0.4) is 0 Å². The highest BCUT2D eigenvalue weighted by atomic mass is 16.5. The van der Waals surface area contributed by atoms with E-state index in [1.807, 2.05) is 69.3 Å². The van der Waals surface area contributed by atoms with Crippen molar-refractivity contribution in [2.75, 3.05) is 11.9 Å². The van der Waals surface area contributed by atoms with E-state index in [1.54, 1.807) is 12.1 Å². The number of carbonyl (C=O) groups excluding carboxylic acids is 1. The Bertz CT molecular complexity index is 1530. The SMILES string of the molecule is CCOc1cc(/C=C(\C#N)C(=O)Nc2cccc(C)c2C)ccc1OCc1c(C)ccc2ccccc12. The Hall–Kier alpha value is -4.56. The van der Waals surface area contributed by atoms with Crippen LogP contribution in [0, 0.1) is 32.1 Å². The van der Waals surface area contributed by atoms with Crippen LogP contribution in [0.4, 0.5) is 5.69 Å². The molecule has 0 aliphatic rings. The van der Waals surface area contributed by atoms with E-state index in [0.717, 1.165) is 27.6 Å². The number of fused-ring (bicyclic) bond motifs is 1. The monoisotopic (exact) mass is 490 g/mol. The van der Waals surface area contributed by atoms with Gasteiger partial charge in [-0.25, -0.2) is 0 Å². The van der Waals surface area contributed by atoms with Crippen molar-refractivity contribution >= 4 is 28.4 Å². The fraction of sp³-hybridized carbons (Fsp3) is 0.188. The minimum atomic E-state index is -0.457. The standard InChI is InChI=1S/C32H30N2O3/c1-5-36-31-18-24(17-26(19-33)32(35)34-29-12-8-9-21(2)23(29)4)14-16-30(31)37-20-28-22(3)13-15-25-10-6-7-11-27(25)28/h6-18H,5,20H2,1-4H3,(H,34,35)/b26-17+. The number of nitrogens with one attached hydrogen (secondary N) is 1. The number of amides is 1. The van der Waals surface area contributed by atoms with Crippen molar-refractivity contribution in [1.82, 2.24) is 0 Å². The summed E-state index contributed by atoms with van der Waals surface area (Å²) in [6.07, 6.45) is 1.56. The van der Waals surface area contributed by atoms with E-state index < -0.39 is 5.91 Å². The Morgan fingerprint density at radius 3 is 2.51 bits per heavy atom. The predicted octanol–water partition coefficient (Wildman–Crippen LogP) is 7.29. The van der Waals surface area contributed by atoms with Gasteiger partial charge in [0.1, 0.15) is 18.2 Å². The number of nitrogens with zero attached hydrogens (tertiary/aromatic N) is 1. The fourth-order valence-electron chi connectivity index (χ4n) is 4.18. The summed E-state index contributed by atoms with van der Waals surface area (Å²) in [5.41, 5.74) is 5.68. The van der Waals surface area contributed by atoms with Crippen molar-refractivity contribution in [1.29, 1.82) is 5.26 Å². The molecule has 0 fully saturated rings. The van der Waals surface area contributed by atoms with Gasteiger partial charge < -0.3 is 14.8 Å². The van der Waals surface area contributed by atoms with Crippen LogP contribution in [0.1, 0.15) is 34.7 Å². The van der Waals surface area contributed by atoms with Crippen LogP contribution in [0.15, 0.2) is 78.4 Å². The highest BCUT2D eigenvalue weighted by Crippen LogP contribution is 2.32. The van der Waals surface area contributed by atoms with E-state index in [-0.39, 0.29) is 5.57 Å². The number of anilines is 1. The Morgan fingerprint density at radius 2 is 1.73 bits per heavy atom. The molecule has 37 heavy (non-hydrogen) atoms. The lowest BCUT2D eigenvalue weighted by Crippen LogP contribution is -2.14. The van der Waals surface area contributed by atoms with E-state index in [2.05, 4.69) is 36.5 Å². The number of aryl methyl sites for hydroxylation is 2. The molecular weight excluding hydrogens is 460 g/mol. The van der Waals surface area contributed by atoms with E-state index >= 15 is 0 Å². The van der Waals surface area contributed by atoms with Gasteiger partial charge in [-0.05, 0) is 85.0 Å². The summed E-state index contributed by atoms with van der Waals surface area (Å²) in [5.74, 6) is 0.701. The molecule has 0 aliphatic carbocycles. The van der Waals surface area contributed by atoms with Crippen molar-refractivity contribution < 1.29 is 14.3 Å². The summed E-state index contributed by atoms with van der Waals surface area (Å²) in [7, 11) is 0. The third-order valence-electron chi connectivity index (χ3n) is 6.44. The molecule has 1 N–H and O–H groups in total. The molecule has 4 aromatic carbocycles. The highest BCUT2D eigenvalue weighted by Gasteiger charge is 2.14. The molecule has 186 valence electrons. The smallest absolute Gasteiger partial charge is 0.266 e. The molecule has 4 aromatic rings. The minimum absolute atomic E-state index is 0.00315. The first-order valence-electron chi connectivity index (χ1n) is 12.3. The topological polar surface area (TPSA) is 71.3 Å². The number of ether oxygens (including phenoxy) is 2. The van der Waals surface area contributed by atoms with Gasteiger partial charge in [-0.15, -0.1) is 0 Å². The molecule has 0 atom stereocenters. The lowest BCUT2D eigenvalue weighted by Gasteiger charge is -2.15. The zero-order valence-corrected chi connectivity index (χ0v) is 21.6. The van der Waals surface area contributed by atoms with Crippen LogP contribution >= 0.6 is 0 Å². The molecular formula is C32H30N2O3. The van der Waals surface area contributed by atoms with Crippen LogP contribution in [0.2, 0.25) is 0 Å². The molecule has 0 saturated heterocycles. The summed E-state index contributed by atoms with van der Waals surface area (Å²) >= 11 is 0. The first-order valence-corrected chi connectivity index (χ1v) is 12.3. The van der Waals surface area contributed by atoms with Gasteiger partial charge in [0.2, 0.25) is 0 Å². The molecule has 0 aliphatic heterocycles. The number of hydrogen-bond acceptors (Lipinski definition) is 4. The fourth-order valence-corrected chi connectivity index (χ4v) is 4.18. The van der Waals surface area contributed by atoms with Crippen LogP contribution < -0.4 is 14.8 Å². The molecule has 5 heteroatoms. The van der Waals surface area contributed by atoms with E-state index in [9.17, 15) is 10.1 Å². The second-order valence-corrected chi connectivity index (χ2v) is 8.88. The number of benzene rings is 4. The zero-order chi connectivity index (χ0) is 26.4. The molecule has 0 bridgehead atoms. The van der Waals surface area contributed by atoms with Gasteiger partial charge in [0.05, 0.1) is 6.61 Å². The van der Waals surface area contributed by atoms with Gasteiger partial charge in [0.15, 0.2) is 11.5 Å². The van der Waals surface area contributed by atoms with E-state index in [4.69, 9.17) is 9.47 Å². The Morgan fingerprint density at radius 1 is 0.919 bits per heavy atom. The van der Waals surface area contributed by atoms with Crippen LogP contribution in [0.25, 0.3) is 16.8 Å². The van der Waals surface area contributed by atoms with Gasteiger partial charge in [-0.3, -0.25) is 4.79 Å². The van der Waals surface area contributed by atoms with E-state index in [1.165, 1.54) is 5.39 Å². The molecule has 0 aromatic heterocycles. The van der Waals surface area contributed by atoms with Crippen LogP contribution in [-0.4, -0.2) is 12.5 Å². The maximum absolute atomic E-state index is 12.8. The number of carbonyl (C=O) groups is 1. The Balaban J connectivity index is 1.57. The molecule has 4 rings (SSSR count). The van der Waals surface area contributed by atoms with Gasteiger partial charge in [-0.2, -0.15) is 5.26 Å². The Labute approximate surface area is 218 Å². The quantitative estimate of drug-likeness (QED) is 0.208. The van der Waals surface area contributed by atoms with Crippen molar-refractivity contribution in [3.05, 3.63) is 106 Å². The van der Waals surface area contributed by atoms with E-state index in [0.29, 0.717) is 36.0 Å². The average molecular weight is 491 g/mol. The molecule has 0 saturated carbocycles.